The fourth-order valence-corrected chi connectivity index (χ4v) is 4.56. The summed E-state index contributed by atoms with van der Waals surface area (Å²) in [6, 6.07) is 13.7. The number of nitrogens with zero attached hydrogens (tertiary/aromatic N) is 1. The van der Waals surface area contributed by atoms with Gasteiger partial charge in [-0.3, -0.25) is 4.79 Å². The van der Waals surface area contributed by atoms with Gasteiger partial charge in [-0.2, -0.15) is 0 Å². The quantitative estimate of drug-likeness (QED) is 0.395. The number of methoxy groups -OCH3 is 1. The van der Waals surface area contributed by atoms with Crippen LogP contribution in [-0.2, 0) is 4.79 Å². The Bertz CT molecular complexity index is 896. The van der Waals surface area contributed by atoms with Crippen LogP contribution in [0.3, 0.4) is 0 Å². The van der Waals surface area contributed by atoms with E-state index in [1.54, 1.807) is 7.11 Å². The topological polar surface area (TPSA) is 76.8 Å². The first-order valence-electron chi connectivity index (χ1n) is 12.2. The Balaban J connectivity index is 1.63. The van der Waals surface area contributed by atoms with Gasteiger partial charge in [-0.15, -0.1) is 0 Å². The Labute approximate surface area is 198 Å². The van der Waals surface area contributed by atoms with E-state index in [0.29, 0.717) is 35.4 Å². The zero-order chi connectivity index (χ0) is 23.6. The summed E-state index contributed by atoms with van der Waals surface area (Å²) in [4.78, 5) is 14.8. The van der Waals surface area contributed by atoms with Crippen molar-refractivity contribution in [3.05, 3.63) is 42.5 Å². The third-order valence-corrected chi connectivity index (χ3v) is 6.54. The highest BCUT2D eigenvalue weighted by molar-refractivity contribution is 5.76. The van der Waals surface area contributed by atoms with Crippen molar-refractivity contribution in [3.8, 4) is 17.2 Å². The molecule has 6 heteroatoms. The van der Waals surface area contributed by atoms with Gasteiger partial charge in [-0.25, -0.2) is 0 Å². The molecule has 1 saturated carbocycles. The van der Waals surface area contributed by atoms with Gasteiger partial charge >= 0.3 is 0 Å². The van der Waals surface area contributed by atoms with Gasteiger partial charge in [-0.05, 0) is 49.9 Å². The molecule has 1 atom stereocenters. The molecule has 6 nitrogen and oxygen atoms in total. The van der Waals surface area contributed by atoms with Crippen LogP contribution in [0.4, 0.5) is 11.4 Å². The van der Waals surface area contributed by atoms with Crippen molar-refractivity contribution in [2.45, 2.75) is 76.8 Å². The summed E-state index contributed by atoms with van der Waals surface area (Å²) in [7, 11) is 3.59. The van der Waals surface area contributed by atoms with E-state index in [-0.39, 0.29) is 11.9 Å². The number of nitrogens with one attached hydrogen (secondary N) is 1. The summed E-state index contributed by atoms with van der Waals surface area (Å²) in [5.74, 6) is 2.25. The van der Waals surface area contributed by atoms with Crippen molar-refractivity contribution in [1.82, 2.24) is 4.90 Å². The minimum atomic E-state index is 0.169. The smallest absolute Gasteiger partial charge is 0.222 e. The molecular weight excluding hydrogens is 414 g/mol. The lowest BCUT2D eigenvalue weighted by Crippen LogP contribution is -2.38. The molecule has 0 spiro atoms. The molecule has 0 heterocycles. The Morgan fingerprint density at radius 3 is 2.55 bits per heavy atom. The number of amides is 1. The molecule has 1 aliphatic carbocycles. The number of carbonyl (C=O) groups excluding carboxylic acids is 1. The van der Waals surface area contributed by atoms with Crippen LogP contribution in [0, 0.1) is 0 Å². The molecule has 0 radical (unpaired) electrons. The molecule has 2 aromatic carbocycles. The minimum absolute atomic E-state index is 0.169. The number of hydrogen-bond donors (Lipinski definition) is 2. The molecule has 2 aromatic rings. The maximum Gasteiger partial charge on any atom is 0.222 e. The highest BCUT2D eigenvalue weighted by atomic mass is 16.5. The highest BCUT2D eigenvalue weighted by Gasteiger charge is 2.22. The second kappa shape index (κ2) is 12.4. The predicted molar refractivity (Wildman–Crippen MR) is 135 cm³/mol. The Hall–Kier alpha value is -2.89. The predicted octanol–water partition coefficient (Wildman–Crippen LogP) is 6.22. The van der Waals surface area contributed by atoms with Crippen LogP contribution in [0.2, 0.25) is 0 Å². The maximum atomic E-state index is 12.8. The second-order valence-corrected chi connectivity index (χ2v) is 8.97. The molecule has 33 heavy (non-hydrogen) atoms. The monoisotopic (exact) mass is 453 g/mol. The summed E-state index contributed by atoms with van der Waals surface area (Å²) < 4.78 is 11.4. The van der Waals surface area contributed by atoms with E-state index in [4.69, 9.17) is 15.2 Å². The van der Waals surface area contributed by atoms with Crippen molar-refractivity contribution in [1.29, 1.82) is 0 Å². The normalized spacial score (nSPS) is 15.0. The van der Waals surface area contributed by atoms with Crippen LogP contribution in [0.5, 0.6) is 17.2 Å². The first-order valence-corrected chi connectivity index (χ1v) is 12.2. The summed E-state index contributed by atoms with van der Waals surface area (Å²) in [6.07, 6.45) is 9.34. The number of nitrogens with two attached hydrogens (primary N) is 1. The van der Waals surface area contributed by atoms with Crippen molar-refractivity contribution < 1.29 is 14.3 Å². The molecule has 1 unspecified atom stereocenters. The number of para-hydroxylation sites is 2. The van der Waals surface area contributed by atoms with E-state index in [0.717, 1.165) is 37.8 Å². The van der Waals surface area contributed by atoms with Gasteiger partial charge in [0.2, 0.25) is 5.91 Å². The van der Waals surface area contributed by atoms with Crippen LogP contribution >= 0.6 is 0 Å². The molecule has 0 bridgehead atoms. The fourth-order valence-electron chi connectivity index (χ4n) is 4.56. The number of carbonyl (C=O) groups is 1. The van der Waals surface area contributed by atoms with Gasteiger partial charge in [-0.1, -0.05) is 44.7 Å². The van der Waals surface area contributed by atoms with Gasteiger partial charge in [0.1, 0.15) is 5.75 Å². The van der Waals surface area contributed by atoms with E-state index in [9.17, 15) is 4.79 Å². The molecule has 3 rings (SSSR count). The first kappa shape index (κ1) is 24.7. The number of rotatable bonds is 11. The number of ether oxygens (including phenoxy) is 2. The molecule has 0 saturated heterocycles. The molecule has 0 aromatic heterocycles. The van der Waals surface area contributed by atoms with Crippen LogP contribution in [-0.4, -0.2) is 37.0 Å². The second-order valence-electron chi connectivity index (χ2n) is 8.97. The van der Waals surface area contributed by atoms with Crippen LogP contribution in [0.1, 0.15) is 64.7 Å². The van der Waals surface area contributed by atoms with Crippen LogP contribution < -0.4 is 20.5 Å². The van der Waals surface area contributed by atoms with E-state index < -0.39 is 0 Å². The number of hydrogen-bond acceptors (Lipinski definition) is 5. The molecule has 1 fully saturated rings. The standard InChI is InChI=1S/C27H39N3O3/c1-4-10-20(15-18-27(31)30(2)21-11-6-5-7-12-21)29-24-19-22(16-17-23(24)28)33-26-14-9-8-13-25(26)32-3/h8-9,13-14,16-17,19-21,29H,4-7,10-12,15,18,28H2,1-3H3. The zero-order valence-corrected chi connectivity index (χ0v) is 20.3. The molecule has 180 valence electrons. The Morgan fingerprint density at radius 1 is 1.12 bits per heavy atom. The number of benzene rings is 2. The minimum Gasteiger partial charge on any atom is -0.493 e. The van der Waals surface area contributed by atoms with Crippen molar-refractivity contribution in [2.24, 2.45) is 0 Å². The van der Waals surface area contributed by atoms with Gasteiger partial charge in [0.15, 0.2) is 11.5 Å². The first-order chi connectivity index (χ1) is 16.0. The van der Waals surface area contributed by atoms with Crippen LogP contribution in [0.15, 0.2) is 42.5 Å². The van der Waals surface area contributed by atoms with Crippen molar-refractivity contribution in [3.63, 3.8) is 0 Å². The van der Waals surface area contributed by atoms with Crippen molar-refractivity contribution in [2.75, 3.05) is 25.2 Å². The number of anilines is 2. The lowest BCUT2D eigenvalue weighted by atomic mass is 9.94. The summed E-state index contributed by atoms with van der Waals surface area (Å²) >= 11 is 0. The van der Waals surface area contributed by atoms with Gasteiger partial charge in [0.25, 0.3) is 0 Å². The van der Waals surface area contributed by atoms with E-state index in [1.807, 2.05) is 54.4 Å². The largest absolute Gasteiger partial charge is 0.493 e. The highest BCUT2D eigenvalue weighted by Crippen LogP contribution is 2.34. The van der Waals surface area contributed by atoms with E-state index in [2.05, 4.69) is 12.2 Å². The lowest BCUT2D eigenvalue weighted by Gasteiger charge is -2.32. The summed E-state index contributed by atoms with van der Waals surface area (Å²) in [5, 5.41) is 3.57. The van der Waals surface area contributed by atoms with E-state index >= 15 is 0 Å². The zero-order valence-electron chi connectivity index (χ0n) is 20.3. The van der Waals surface area contributed by atoms with E-state index in [1.165, 1.54) is 19.3 Å². The molecule has 3 N–H and O–H groups in total. The van der Waals surface area contributed by atoms with Crippen LogP contribution in [0.25, 0.3) is 0 Å². The van der Waals surface area contributed by atoms with Gasteiger partial charge in [0.05, 0.1) is 18.5 Å². The Kier molecular flexibility index (Phi) is 9.28. The lowest BCUT2D eigenvalue weighted by molar-refractivity contribution is -0.132. The van der Waals surface area contributed by atoms with Gasteiger partial charge in [0, 0.05) is 31.6 Å². The molecule has 0 aliphatic heterocycles. The summed E-state index contributed by atoms with van der Waals surface area (Å²) in [5.41, 5.74) is 7.76. The maximum absolute atomic E-state index is 12.8. The summed E-state index contributed by atoms with van der Waals surface area (Å²) in [6.45, 7) is 2.16. The average Bonchev–Trinajstić information content (AvgIpc) is 2.85. The third-order valence-electron chi connectivity index (χ3n) is 6.54. The molecule has 1 aliphatic rings. The SMILES string of the molecule is CCCC(CCC(=O)N(C)C1CCCCC1)Nc1cc(Oc2ccccc2OC)ccc1N. The molecule has 1 amide bonds. The van der Waals surface area contributed by atoms with Crippen molar-refractivity contribution >= 4 is 17.3 Å². The Morgan fingerprint density at radius 2 is 1.85 bits per heavy atom. The number of nitrogen functional groups attached to an aromatic ring is 1. The molecular formula is C27H39N3O3. The fraction of sp³-hybridized carbons (Fsp3) is 0.519. The van der Waals surface area contributed by atoms with Gasteiger partial charge < -0.3 is 25.4 Å². The average molecular weight is 454 g/mol. The third kappa shape index (κ3) is 7.04.